The van der Waals surface area contributed by atoms with Crippen LogP contribution in [0.2, 0.25) is 0 Å². The number of benzene rings is 1. The van der Waals surface area contributed by atoms with Gasteiger partial charge in [0.15, 0.2) is 5.65 Å². The zero-order valence-electron chi connectivity index (χ0n) is 15.0. The van der Waals surface area contributed by atoms with Crippen molar-refractivity contribution < 1.29 is 17.9 Å². The van der Waals surface area contributed by atoms with Crippen LogP contribution in [-0.4, -0.2) is 33.0 Å². The third kappa shape index (κ3) is 4.19. The maximum atomic E-state index is 12.5. The second kappa shape index (κ2) is 7.31. The van der Waals surface area contributed by atoms with Crippen molar-refractivity contribution in [3.8, 4) is 17.0 Å². The van der Waals surface area contributed by atoms with Crippen LogP contribution in [0.4, 0.5) is 19.0 Å². The lowest BCUT2D eigenvalue weighted by Gasteiger charge is -2.27. The minimum atomic E-state index is -4.74. The maximum Gasteiger partial charge on any atom is 0.573 e. The molecule has 3 aromatic rings. The largest absolute Gasteiger partial charge is 0.573 e. The van der Waals surface area contributed by atoms with E-state index in [0.29, 0.717) is 28.8 Å². The van der Waals surface area contributed by atoms with Gasteiger partial charge in [0.05, 0.1) is 11.9 Å². The highest BCUT2D eigenvalue weighted by atomic mass is 19.4. The van der Waals surface area contributed by atoms with Gasteiger partial charge in [-0.25, -0.2) is 9.50 Å². The normalized spacial score (nSPS) is 20.3. The molecular weight excluding hydrogens is 371 g/mol. The summed E-state index contributed by atoms with van der Waals surface area (Å²) in [6.45, 7) is 0. The molecule has 2 aromatic heterocycles. The molecule has 1 aromatic carbocycles. The lowest BCUT2D eigenvalue weighted by molar-refractivity contribution is -0.274. The van der Waals surface area contributed by atoms with Gasteiger partial charge in [0.25, 0.3) is 0 Å². The van der Waals surface area contributed by atoms with Crippen LogP contribution < -0.4 is 15.8 Å². The SMILES string of the molecule is N[C@H]1CC[C@H](Nc2ccc3ncc(-c4cccc(OC(F)(F)F)c4)n3n2)CC1. The molecule has 0 spiro atoms. The summed E-state index contributed by atoms with van der Waals surface area (Å²) >= 11 is 0. The lowest BCUT2D eigenvalue weighted by Crippen LogP contribution is -2.33. The Morgan fingerprint density at radius 2 is 1.89 bits per heavy atom. The minimum Gasteiger partial charge on any atom is -0.406 e. The Morgan fingerprint density at radius 1 is 1.11 bits per heavy atom. The molecule has 0 amide bonds. The molecule has 9 heteroatoms. The number of nitrogens with zero attached hydrogens (tertiary/aromatic N) is 3. The first kappa shape index (κ1) is 18.5. The van der Waals surface area contributed by atoms with Gasteiger partial charge < -0.3 is 15.8 Å². The Labute approximate surface area is 159 Å². The van der Waals surface area contributed by atoms with Crippen molar-refractivity contribution in [3.63, 3.8) is 0 Å². The zero-order chi connectivity index (χ0) is 19.7. The highest BCUT2D eigenvalue weighted by Crippen LogP contribution is 2.28. The first-order valence-corrected chi connectivity index (χ1v) is 9.10. The fourth-order valence-corrected chi connectivity index (χ4v) is 3.47. The van der Waals surface area contributed by atoms with E-state index in [2.05, 4.69) is 20.1 Å². The van der Waals surface area contributed by atoms with E-state index >= 15 is 0 Å². The van der Waals surface area contributed by atoms with Gasteiger partial charge in [-0.05, 0) is 49.9 Å². The van der Waals surface area contributed by atoms with Gasteiger partial charge >= 0.3 is 6.36 Å². The lowest BCUT2D eigenvalue weighted by atomic mass is 9.92. The molecule has 1 saturated carbocycles. The molecule has 2 heterocycles. The molecule has 0 atom stereocenters. The second-order valence-electron chi connectivity index (χ2n) is 6.96. The van der Waals surface area contributed by atoms with E-state index < -0.39 is 6.36 Å². The fraction of sp³-hybridized carbons (Fsp3) is 0.368. The van der Waals surface area contributed by atoms with Crippen LogP contribution in [0.15, 0.2) is 42.6 Å². The van der Waals surface area contributed by atoms with Crippen LogP contribution in [0.1, 0.15) is 25.7 Å². The minimum absolute atomic E-state index is 0.264. The Balaban J connectivity index is 1.61. The summed E-state index contributed by atoms with van der Waals surface area (Å²) in [7, 11) is 0. The third-order valence-corrected chi connectivity index (χ3v) is 4.85. The Kier molecular flexibility index (Phi) is 4.84. The number of aromatic nitrogens is 3. The molecule has 0 aliphatic heterocycles. The topological polar surface area (TPSA) is 77.5 Å². The predicted molar refractivity (Wildman–Crippen MR) is 99.0 cm³/mol. The molecule has 1 aliphatic carbocycles. The molecule has 3 N–H and O–H groups in total. The van der Waals surface area contributed by atoms with Gasteiger partial charge in [0, 0.05) is 17.6 Å². The Morgan fingerprint density at radius 3 is 2.64 bits per heavy atom. The van der Waals surface area contributed by atoms with Crippen molar-refractivity contribution in [2.75, 3.05) is 5.32 Å². The quantitative estimate of drug-likeness (QED) is 0.704. The first-order chi connectivity index (χ1) is 13.4. The van der Waals surface area contributed by atoms with Crippen LogP contribution in [0.25, 0.3) is 16.9 Å². The number of imidazole rings is 1. The average Bonchev–Trinajstić information content (AvgIpc) is 3.06. The molecular formula is C19H20F3N5O. The Hall–Kier alpha value is -2.81. The molecule has 148 valence electrons. The number of ether oxygens (including phenoxy) is 1. The summed E-state index contributed by atoms with van der Waals surface area (Å²) in [5, 5.41) is 7.99. The number of nitrogens with two attached hydrogens (primary N) is 1. The zero-order valence-corrected chi connectivity index (χ0v) is 15.0. The molecule has 28 heavy (non-hydrogen) atoms. The molecule has 0 bridgehead atoms. The standard InChI is InChI=1S/C19H20F3N5O/c20-19(21,22)28-15-3-1-2-12(10-15)16-11-24-18-9-8-17(26-27(16)18)25-14-6-4-13(23)5-7-14/h1-3,8-11,13-14H,4-7,23H2,(H,25,26)/t13-,14-. The van der Waals surface area contributed by atoms with Crippen LogP contribution in [0.5, 0.6) is 5.75 Å². The Bertz CT molecular complexity index is 964. The van der Waals surface area contributed by atoms with Crippen LogP contribution in [0.3, 0.4) is 0 Å². The van der Waals surface area contributed by atoms with Gasteiger partial charge in [0.2, 0.25) is 0 Å². The number of hydrogen-bond acceptors (Lipinski definition) is 5. The van der Waals surface area contributed by atoms with E-state index in [-0.39, 0.29) is 11.8 Å². The fourth-order valence-electron chi connectivity index (χ4n) is 3.47. The van der Waals surface area contributed by atoms with Gasteiger partial charge in [-0.1, -0.05) is 12.1 Å². The van der Waals surface area contributed by atoms with Crippen molar-refractivity contribution in [1.82, 2.24) is 14.6 Å². The van der Waals surface area contributed by atoms with Crippen LogP contribution in [-0.2, 0) is 0 Å². The van der Waals surface area contributed by atoms with E-state index in [9.17, 15) is 13.2 Å². The van der Waals surface area contributed by atoms with E-state index in [1.54, 1.807) is 16.8 Å². The highest BCUT2D eigenvalue weighted by Gasteiger charge is 2.31. The first-order valence-electron chi connectivity index (χ1n) is 9.10. The highest BCUT2D eigenvalue weighted by molar-refractivity contribution is 5.65. The number of hydrogen-bond donors (Lipinski definition) is 2. The monoisotopic (exact) mass is 391 g/mol. The molecule has 4 rings (SSSR count). The number of fused-ring (bicyclic) bond motifs is 1. The molecule has 0 radical (unpaired) electrons. The van der Waals surface area contributed by atoms with Gasteiger partial charge in [-0.15, -0.1) is 18.3 Å². The molecule has 0 saturated heterocycles. The van der Waals surface area contributed by atoms with Gasteiger partial charge in [0.1, 0.15) is 11.6 Å². The van der Waals surface area contributed by atoms with E-state index in [1.165, 1.54) is 18.2 Å². The van der Waals surface area contributed by atoms with E-state index in [1.807, 2.05) is 12.1 Å². The summed E-state index contributed by atoms with van der Waals surface area (Å²) < 4.78 is 43.1. The number of nitrogens with one attached hydrogen (secondary N) is 1. The smallest absolute Gasteiger partial charge is 0.406 e. The molecule has 1 fully saturated rings. The number of alkyl halides is 3. The number of halogens is 3. The summed E-state index contributed by atoms with van der Waals surface area (Å²) in [5.41, 5.74) is 7.66. The molecule has 0 unspecified atom stereocenters. The van der Waals surface area contributed by atoms with E-state index in [4.69, 9.17) is 5.73 Å². The summed E-state index contributed by atoms with van der Waals surface area (Å²) in [6, 6.07) is 10.0. The molecule has 1 aliphatic rings. The average molecular weight is 391 g/mol. The molecule has 6 nitrogen and oxygen atoms in total. The van der Waals surface area contributed by atoms with Gasteiger partial charge in [-0.2, -0.15) is 0 Å². The number of rotatable bonds is 4. The van der Waals surface area contributed by atoms with Crippen LogP contribution >= 0.6 is 0 Å². The van der Waals surface area contributed by atoms with E-state index in [0.717, 1.165) is 25.7 Å². The summed E-state index contributed by atoms with van der Waals surface area (Å²) in [5.74, 6) is 0.405. The van der Waals surface area contributed by atoms with Crippen molar-refractivity contribution in [1.29, 1.82) is 0 Å². The predicted octanol–water partition coefficient (Wildman–Crippen LogP) is 3.98. The van der Waals surface area contributed by atoms with Crippen molar-refractivity contribution >= 4 is 11.5 Å². The van der Waals surface area contributed by atoms with Crippen molar-refractivity contribution in [2.24, 2.45) is 5.73 Å². The third-order valence-electron chi connectivity index (χ3n) is 4.85. The number of anilines is 1. The maximum absolute atomic E-state index is 12.5. The van der Waals surface area contributed by atoms with Crippen molar-refractivity contribution in [3.05, 3.63) is 42.6 Å². The summed E-state index contributed by atoms with van der Waals surface area (Å²) in [6.07, 6.45) is 0.752. The summed E-state index contributed by atoms with van der Waals surface area (Å²) in [4.78, 5) is 4.29. The van der Waals surface area contributed by atoms with Gasteiger partial charge in [-0.3, -0.25) is 0 Å². The van der Waals surface area contributed by atoms with Crippen LogP contribution in [0, 0.1) is 0 Å². The second-order valence-corrected chi connectivity index (χ2v) is 6.96. The van der Waals surface area contributed by atoms with Crippen molar-refractivity contribution in [2.45, 2.75) is 44.1 Å².